The van der Waals surface area contributed by atoms with Crippen LogP contribution in [0.2, 0.25) is 0 Å². The molecule has 2 aromatic rings. The molecule has 0 unspecified atom stereocenters. The molecule has 2 amide bonds. The van der Waals surface area contributed by atoms with Crippen molar-refractivity contribution in [2.24, 2.45) is 0 Å². The fourth-order valence-corrected chi connectivity index (χ4v) is 2.13. The summed E-state index contributed by atoms with van der Waals surface area (Å²) in [6, 6.07) is 15.4. The number of hydrogen-bond acceptors (Lipinski definition) is 3. The molecule has 0 fully saturated rings. The maximum Gasteiger partial charge on any atom is 0.251 e. The van der Waals surface area contributed by atoms with Crippen LogP contribution in [0.3, 0.4) is 0 Å². The van der Waals surface area contributed by atoms with E-state index in [-0.39, 0.29) is 11.8 Å². The van der Waals surface area contributed by atoms with Crippen LogP contribution in [0.25, 0.3) is 0 Å². The fraction of sp³-hybridized carbons (Fsp3) is 0.211. The number of hydrogen-bond donors (Lipinski definition) is 2. The molecule has 0 aromatic heterocycles. The summed E-state index contributed by atoms with van der Waals surface area (Å²) in [5.74, 6) is -0.428. The van der Waals surface area contributed by atoms with E-state index in [0.717, 1.165) is 11.8 Å². The number of carbonyl (C=O) groups excluding carboxylic acids is 3. The zero-order chi connectivity index (χ0) is 17.4. The van der Waals surface area contributed by atoms with Gasteiger partial charge in [-0.2, -0.15) is 0 Å². The summed E-state index contributed by atoms with van der Waals surface area (Å²) in [7, 11) is 0. The van der Waals surface area contributed by atoms with Crippen LogP contribution in [0.1, 0.15) is 39.6 Å². The first-order chi connectivity index (χ1) is 11.6. The van der Waals surface area contributed by atoms with Crippen molar-refractivity contribution in [2.45, 2.75) is 25.9 Å². The number of rotatable bonds is 7. The van der Waals surface area contributed by atoms with Crippen molar-refractivity contribution >= 4 is 18.1 Å². The Morgan fingerprint density at radius 3 is 2.17 bits per heavy atom. The summed E-state index contributed by atoms with van der Waals surface area (Å²) in [5.41, 5.74) is 1.97. The molecule has 2 N–H and O–H groups in total. The van der Waals surface area contributed by atoms with Crippen molar-refractivity contribution < 1.29 is 14.4 Å². The normalized spacial score (nSPS) is 11.4. The number of benzene rings is 2. The van der Waals surface area contributed by atoms with Gasteiger partial charge in [-0.25, -0.2) is 0 Å². The minimum Gasteiger partial charge on any atom is -0.348 e. The number of amides is 2. The van der Waals surface area contributed by atoms with E-state index in [1.165, 1.54) is 0 Å². The lowest BCUT2D eigenvalue weighted by molar-refractivity contribution is -0.109. The van der Waals surface area contributed by atoms with Gasteiger partial charge in [0.05, 0.1) is 6.04 Å². The highest BCUT2D eigenvalue weighted by atomic mass is 16.2. The zero-order valence-electron chi connectivity index (χ0n) is 13.5. The molecule has 0 aliphatic carbocycles. The van der Waals surface area contributed by atoms with Crippen molar-refractivity contribution in [3.8, 4) is 0 Å². The Morgan fingerprint density at radius 2 is 1.58 bits per heavy atom. The molecule has 124 valence electrons. The monoisotopic (exact) mass is 324 g/mol. The van der Waals surface area contributed by atoms with Gasteiger partial charge in [0.1, 0.15) is 6.29 Å². The van der Waals surface area contributed by atoms with Crippen LogP contribution in [-0.2, 0) is 11.3 Å². The van der Waals surface area contributed by atoms with Crippen molar-refractivity contribution in [3.05, 3.63) is 71.3 Å². The number of carbonyl (C=O) groups is 3. The van der Waals surface area contributed by atoms with E-state index in [9.17, 15) is 14.4 Å². The van der Waals surface area contributed by atoms with Gasteiger partial charge in [0.25, 0.3) is 11.8 Å². The minimum absolute atomic E-state index is 0.144. The van der Waals surface area contributed by atoms with Crippen LogP contribution in [0, 0.1) is 0 Å². The summed E-state index contributed by atoms with van der Waals surface area (Å²) >= 11 is 0. The highest BCUT2D eigenvalue weighted by Crippen LogP contribution is 2.06. The average Bonchev–Trinajstić information content (AvgIpc) is 2.65. The first-order valence-corrected chi connectivity index (χ1v) is 7.82. The summed E-state index contributed by atoms with van der Waals surface area (Å²) in [4.78, 5) is 34.7. The SMILES string of the molecule is CC[C@@H](C=O)NC(=O)c1ccc(CNC(=O)c2ccccc2)cc1. The summed E-state index contributed by atoms with van der Waals surface area (Å²) in [5, 5.41) is 5.48. The molecule has 5 nitrogen and oxygen atoms in total. The van der Waals surface area contributed by atoms with Crippen LogP contribution >= 0.6 is 0 Å². The standard InChI is InChI=1S/C19H20N2O3/c1-2-17(13-22)21-19(24)16-10-8-14(9-11-16)12-20-18(23)15-6-4-3-5-7-15/h3-11,13,17H,2,12H2,1H3,(H,20,23)(H,21,24)/t17-/m0/s1. The Kier molecular flexibility index (Phi) is 6.25. The quantitative estimate of drug-likeness (QED) is 0.768. The third kappa shape index (κ3) is 4.78. The Hall–Kier alpha value is -2.95. The van der Waals surface area contributed by atoms with Crippen molar-refractivity contribution in [2.75, 3.05) is 0 Å². The molecule has 24 heavy (non-hydrogen) atoms. The molecule has 0 bridgehead atoms. The maximum absolute atomic E-state index is 12.0. The van der Waals surface area contributed by atoms with Crippen LogP contribution in [-0.4, -0.2) is 24.1 Å². The molecule has 0 spiro atoms. The Bertz CT molecular complexity index is 696. The molecule has 0 aliphatic rings. The lowest BCUT2D eigenvalue weighted by Crippen LogP contribution is -2.35. The van der Waals surface area contributed by atoms with Gasteiger partial charge >= 0.3 is 0 Å². The second-order valence-corrected chi connectivity index (χ2v) is 5.37. The third-order valence-corrected chi connectivity index (χ3v) is 3.63. The van der Waals surface area contributed by atoms with Gasteiger partial charge in [-0.3, -0.25) is 9.59 Å². The largest absolute Gasteiger partial charge is 0.348 e. The first kappa shape index (κ1) is 17.4. The van der Waals surface area contributed by atoms with Crippen molar-refractivity contribution in [3.63, 3.8) is 0 Å². The van der Waals surface area contributed by atoms with Gasteiger partial charge in [0.2, 0.25) is 0 Å². The maximum atomic E-state index is 12.0. The van der Waals surface area contributed by atoms with E-state index in [1.807, 2.05) is 25.1 Å². The molecular formula is C19H20N2O3. The van der Waals surface area contributed by atoms with Gasteiger partial charge < -0.3 is 15.4 Å². The van der Waals surface area contributed by atoms with Crippen molar-refractivity contribution in [1.82, 2.24) is 10.6 Å². The van der Waals surface area contributed by atoms with E-state index in [2.05, 4.69) is 10.6 Å². The van der Waals surface area contributed by atoms with E-state index in [0.29, 0.717) is 24.1 Å². The average molecular weight is 324 g/mol. The Morgan fingerprint density at radius 1 is 0.958 bits per heavy atom. The minimum atomic E-state index is -0.470. The van der Waals surface area contributed by atoms with Crippen LogP contribution in [0.15, 0.2) is 54.6 Å². The van der Waals surface area contributed by atoms with Gasteiger partial charge in [-0.15, -0.1) is 0 Å². The highest BCUT2D eigenvalue weighted by molar-refractivity contribution is 5.96. The van der Waals surface area contributed by atoms with Crippen molar-refractivity contribution in [1.29, 1.82) is 0 Å². The van der Waals surface area contributed by atoms with Gasteiger partial charge in [0.15, 0.2) is 0 Å². The molecule has 0 saturated carbocycles. The lowest BCUT2D eigenvalue weighted by Gasteiger charge is -2.11. The number of nitrogens with one attached hydrogen (secondary N) is 2. The molecular weight excluding hydrogens is 304 g/mol. The van der Waals surface area contributed by atoms with Gasteiger partial charge in [0, 0.05) is 17.7 Å². The first-order valence-electron chi connectivity index (χ1n) is 7.82. The second-order valence-electron chi connectivity index (χ2n) is 5.37. The zero-order valence-corrected chi connectivity index (χ0v) is 13.5. The van der Waals surface area contributed by atoms with E-state index >= 15 is 0 Å². The van der Waals surface area contributed by atoms with Crippen LogP contribution in [0.4, 0.5) is 0 Å². The van der Waals surface area contributed by atoms with E-state index in [4.69, 9.17) is 0 Å². The fourth-order valence-electron chi connectivity index (χ4n) is 2.13. The summed E-state index contributed by atoms with van der Waals surface area (Å²) in [6.45, 7) is 2.21. The topological polar surface area (TPSA) is 75.3 Å². The van der Waals surface area contributed by atoms with Crippen LogP contribution < -0.4 is 10.6 Å². The summed E-state index contributed by atoms with van der Waals surface area (Å²) < 4.78 is 0. The molecule has 0 radical (unpaired) electrons. The highest BCUT2D eigenvalue weighted by Gasteiger charge is 2.11. The Labute approximate surface area is 141 Å². The molecule has 2 aromatic carbocycles. The van der Waals surface area contributed by atoms with Crippen LogP contribution in [0.5, 0.6) is 0 Å². The van der Waals surface area contributed by atoms with Gasteiger partial charge in [-0.1, -0.05) is 37.3 Å². The molecule has 0 heterocycles. The molecule has 1 atom stereocenters. The number of aldehydes is 1. The van der Waals surface area contributed by atoms with E-state index < -0.39 is 6.04 Å². The predicted molar refractivity (Wildman–Crippen MR) is 91.7 cm³/mol. The molecule has 5 heteroatoms. The molecule has 0 aliphatic heterocycles. The second kappa shape index (κ2) is 8.62. The third-order valence-electron chi connectivity index (χ3n) is 3.63. The molecule has 0 saturated heterocycles. The van der Waals surface area contributed by atoms with E-state index in [1.54, 1.807) is 36.4 Å². The predicted octanol–water partition coefficient (Wildman–Crippen LogP) is 2.32. The van der Waals surface area contributed by atoms with Gasteiger partial charge in [-0.05, 0) is 36.2 Å². The molecule has 2 rings (SSSR count). The lowest BCUT2D eigenvalue weighted by atomic mass is 10.1. The Balaban J connectivity index is 1.91. The smallest absolute Gasteiger partial charge is 0.251 e. The summed E-state index contributed by atoms with van der Waals surface area (Å²) in [6.07, 6.45) is 1.28.